The molecule has 0 bridgehead atoms. The normalized spacial score (nSPS) is 36.0. The van der Waals surface area contributed by atoms with E-state index in [1.165, 1.54) is 44.9 Å². The Kier molecular flexibility index (Phi) is 8.38. The molecule has 6 rings (SSSR count). The number of aliphatic carboxylic acids is 1. The van der Waals surface area contributed by atoms with Crippen molar-refractivity contribution in [1.29, 1.82) is 0 Å². The highest BCUT2D eigenvalue weighted by molar-refractivity contribution is 5.85. The van der Waals surface area contributed by atoms with Gasteiger partial charge in [0.05, 0.1) is 12.1 Å². The Morgan fingerprint density at radius 2 is 1.86 bits per heavy atom. The van der Waals surface area contributed by atoms with Crippen LogP contribution in [0, 0.1) is 46.3 Å². The first-order chi connectivity index (χ1) is 20.6. The molecule has 234 valence electrons. The molecule has 4 fully saturated rings. The fraction of sp³-hybridized carbons (Fsp3) is 0.694. The van der Waals surface area contributed by atoms with Crippen molar-refractivity contribution in [3.63, 3.8) is 0 Å². The second-order valence-corrected chi connectivity index (χ2v) is 15.2. The van der Waals surface area contributed by atoms with Crippen molar-refractivity contribution in [2.24, 2.45) is 51.5 Å². The van der Waals surface area contributed by atoms with Crippen molar-refractivity contribution in [2.75, 3.05) is 0 Å². The van der Waals surface area contributed by atoms with Crippen molar-refractivity contribution in [3.05, 3.63) is 36.0 Å². The van der Waals surface area contributed by atoms with E-state index in [9.17, 15) is 19.9 Å². The van der Waals surface area contributed by atoms with Crippen LogP contribution in [0.2, 0.25) is 0 Å². The van der Waals surface area contributed by atoms with Crippen molar-refractivity contribution >= 4 is 28.5 Å². The number of carboxylic acids is 1. The lowest BCUT2D eigenvalue weighted by atomic mass is 9.44. The van der Waals surface area contributed by atoms with Gasteiger partial charge in [0.15, 0.2) is 0 Å². The monoisotopic (exact) mass is 589 g/mol. The Labute approximate surface area is 256 Å². The van der Waals surface area contributed by atoms with Crippen molar-refractivity contribution in [3.8, 4) is 0 Å². The third-order valence-corrected chi connectivity index (χ3v) is 13.2. The molecule has 0 saturated heterocycles. The van der Waals surface area contributed by atoms with E-state index >= 15 is 0 Å². The number of hydrogen-bond donors (Lipinski definition) is 4. The maximum atomic E-state index is 13.2. The number of H-pyrrole nitrogens is 1. The number of hydrogen-bond acceptors (Lipinski definition) is 4. The number of carbonyl (C=O) groups is 2. The molecular weight excluding hydrogens is 538 g/mol. The Bertz CT molecular complexity index is 1370. The number of para-hydroxylation sites is 1. The zero-order valence-electron chi connectivity index (χ0n) is 26.3. The number of aromatic amines is 1. The molecule has 1 amide bonds. The third-order valence-electron chi connectivity index (χ3n) is 13.2. The molecular formula is C36H51N3O4. The summed E-state index contributed by atoms with van der Waals surface area (Å²) in [6.07, 6.45) is 14.5. The molecule has 4 aliphatic rings. The molecule has 4 aliphatic carbocycles. The Morgan fingerprint density at radius 1 is 1.07 bits per heavy atom. The fourth-order valence-electron chi connectivity index (χ4n) is 10.9. The topological polar surface area (TPSA) is 115 Å². The highest BCUT2D eigenvalue weighted by Crippen LogP contribution is 2.68. The highest BCUT2D eigenvalue weighted by atomic mass is 16.4. The first kappa shape index (κ1) is 30.2. The second kappa shape index (κ2) is 11.9. The van der Waals surface area contributed by atoms with Crippen LogP contribution in [0.4, 0.5) is 0 Å². The van der Waals surface area contributed by atoms with E-state index in [1.807, 2.05) is 30.5 Å². The fourth-order valence-corrected chi connectivity index (χ4v) is 10.9. The lowest BCUT2D eigenvalue weighted by Gasteiger charge is -2.60. The molecule has 0 spiro atoms. The molecule has 43 heavy (non-hydrogen) atoms. The van der Waals surface area contributed by atoms with E-state index in [2.05, 4.69) is 36.2 Å². The molecule has 9 atom stereocenters. The van der Waals surface area contributed by atoms with Crippen molar-refractivity contribution in [2.45, 2.75) is 110 Å². The molecule has 0 aliphatic heterocycles. The van der Waals surface area contributed by atoms with E-state index in [-0.39, 0.29) is 12.3 Å². The maximum absolute atomic E-state index is 13.2. The predicted octanol–water partition coefficient (Wildman–Crippen LogP) is 7.58. The van der Waals surface area contributed by atoms with E-state index in [4.69, 9.17) is 0 Å². The summed E-state index contributed by atoms with van der Waals surface area (Å²) in [5, 5.41) is 26.7. The van der Waals surface area contributed by atoms with Crippen LogP contribution in [0.3, 0.4) is 0 Å². The van der Waals surface area contributed by atoms with Crippen LogP contribution in [0.5, 0.6) is 0 Å². The van der Waals surface area contributed by atoms with Crippen LogP contribution in [0.1, 0.15) is 103 Å². The molecule has 1 heterocycles. The average molecular weight is 590 g/mol. The number of fused-ring (bicyclic) bond motifs is 6. The summed E-state index contributed by atoms with van der Waals surface area (Å²) in [4.78, 5) is 28.1. The van der Waals surface area contributed by atoms with Crippen LogP contribution >= 0.6 is 0 Å². The van der Waals surface area contributed by atoms with Crippen LogP contribution in [-0.2, 0) is 16.0 Å². The summed E-state index contributed by atoms with van der Waals surface area (Å²) < 4.78 is 0. The second-order valence-electron chi connectivity index (χ2n) is 15.2. The van der Waals surface area contributed by atoms with E-state index in [0.717, 1.165) is 59.2 Å². The standard InChI is InChI=1S/C36H51N3O4/c1-22(8-13-33(40)38-26(20-34(41)42)18-23-21-37-32-7-5-4-6-27(23)32)29-11-12-30-28-10-9-24-19-25(39-43)14-16-35(24,2)31(28)15-17-36(29,30)3/h4-7,21-22,24,26,28-31,37,43H,8-20H2,1-3H3,(H,38,40)(H,41,42)/t22-,24-,26+,28+,29-,30+,31+,35+,36-/m1/s1. The largest absolute Gasteiger partial charge is 0.481 e. The van der Waals surface area contributed by atoms with Gasteiger partial charge >= 0.3 is 5.97 Å². The molecule has 1 aromatic carbocycles. The summed E-state index contributed by atoms with van der Waals surface area (Å²) in [7, 11) is 0. The summed E-state index contributed by atoms with van der Waals surface area (Å²) in [6.45, 7) is 7.47. The van der Waals surface area contributed by atoms with Gasteiger partial charge in [-0.05, 0) is 129 Å². The third kappa shape index (κ3) is 5.62. The summed E-state index contributed by atoms with van der Waals surface area (Å²) in [6, 6.07) is 7.57. The van der Waals surface area contributed by atoms with Gasteiger partial charge in [0, 0.05) is 29.6 Å². The van der Waals surface area contributed by atoms with E-state index < -0.39 is 12.0 Å². The molecule has 4 saturated carbocycles. The molecule has 1 aromatic heterocycles. The highest BCUT2D eigenvalue weighted by Gasteiger charge is 2.60. The molecule has 2 aromatic rings. The number of oxime groups is 1. The average Bonchev–Trinajstić information content (AvgIpc) is 3.55. The lowest BCUT2D eigenvalue weighted by Crippen LogP contribution is -2.53. The van der Waals surface area contributed by atoms with Gasteiger partial charge < -0.3 is 20.6 Å². The zero-order valence-corrected chi connectivity index (χ0v) is 26.3. The minimum atomic E-state index is -0.892. The van der Waals surface area contributed by atoms with Gasteiger partial charge in [-0.1, -0.05) is 44.1 Å². The van der Waals surface area contributed by atoms with Crippen molar-refractivity contribution < 1.29 is 19.9 Å². The van der Waals surface area contributed by atoms with Crippen LogP contribution < -0.4 is 5.32 Å². The Hall–Kier alpha value is -2.83. The number of nitrogens with one attached hydrogen (secondary N) is 2. The van der Waals surface area contributed by atoms with E-state index in [1.54, 1.807) is 0 Å². The van der Waals surface area contributed by atoms with Crippen molar-refractivity contribution in [1.82, 2.24) is 10.3 Å². The maximum Gasteiger partial charge on any atom is 0.305 e. The van der Waals surface area contributed by atoms with Gasteiger partial charge in [0.2, 0.25) is 5.91 Å². The quantitative estimate of drug-likeness (QED) is 0.178. The van der Waals surface area contributed by atoms with E-state index in [0.29, 0.717) is 41.4 Å². The molecule has 0 radical (unpaired) electrons. The first-order valence-corrected chi connectivity index (χ1v) is 16.9. The Morgan fingerprint density at radius 3 is 2.65 bits per heavy atom. The number of benzene rings is 1. The van der Waals surface area contributed by atoms with Gasteiger partial charge in [-0.2, -0.15) is 0 Å². The molecule has 7 heteroatoms. The summed E-state index contributed by atoms with van der Waals surface area (Å²) >= 11 is 0. The van der Waals surface area contributed by atoms with Crippen LogP contribution in [0.25, 0.3) is 10.9 Å². The zero-order chi connectivity index (χ0) is 30.4. The van der Waals surface area contributed by atoms with Gasteiger partial charge in [0.25, 0.3) is 0 Å². The number of carbonyl (C=O) groups excluding carboxylic acids is 1. The minimum Gasteiger partial charge on any atom is -0.481 e. The summed E-state index contributed by atoms with van der Waals surface area (Å²) in [5.74, 6) is 3.20. The number of rotatable bonds is 9. The van der Waals surface area contributed by atoms with Crippen LogP contribution in [-0.4, -0.2) is 38.9 Å². The smallest absolute Gasteiger partial charge is 0.305 e. The van der Waals surface area contributed by atoms with Gasteiger partial charge in [-0.3, -0.25) is 9.59 Å². The van der Waals surface area contributed by atoms with Crippen LogP contribution in [0.15, 0.2) is 35.6 Å². The van der Waals surface area contributed by atoms with Gasteiger partial charge in [-0.25, -0.2) is 0 Å². The number of carboxylic acid groups (broad SMARTS) is 1. The molecule has 7 nitrogen and oxygen atoms in total. The number of aromatic nitrogens is 1. The minimum absolute atomic E-state index is 0.0318. The first-order valence-electron chi connectivity index (χ1n) is 16.9. The SMILES string of the molecule is C[C@H](CCC(=O)N[C@H](CC(=O)O)Cc1c[nH]c2ccccc12)[C@H]1CC[C@H]2[C@@H]3CC[C@@H]4CC(=NO)CC[C@]4(C)[C@H]3CC[C@]12C. The predicted molar refractivity (Wildman–Crippen MR) is 169 cm³/mol. The summed E-state index contributed by atoms with van der Waals surface area (Å²) in [5.41, 5.74) is 3.78. The lowest BCUT2D eigenvalue weighted by molar-refractivity contribution is -0.137. The van der Waals surface area contributed by atoms with Gasteiger partial charge in [0.1, 0.15) is 0 Å². The number of nitrogens with zero attached hydrogens (tertiary/aromatic N) is 1. The number of amides is 1. The van der Waals surface area contributed by atoms with Gasteiger partial charge in [-0.15, -0.1) is 0 Å². The molecule has 0 unspecified atom stereocenters. The molecule has 4 N–H and O–H groups in total. The Balaban J connectivity index is 1.06.